The zero-order valence-electron chi connectivity index (χ0n) is 14.9. The lowest BCUT2D eigenvalue weighted by Crippen LogP contribution is -2.38. The van der Waals surface area contributed by atoms with Crippen molar-refractivity contribution in [1.82, 2.24) is 10.2 Å². The molecule has 1 saturated heterocycles. The maximum Gasteiger partial charge on any atom is 0.325 e. The molecule has 1 fully saturated rings. The quantitative estimate of drug-likeness (QED) is 0.779. The van der Waals surface area contributed by atoms with Gasteiger partial charge in [-0.25, -0.2) is 4.79 Å². The fraction of sp³-hybridized carbons (Fsp3) is 0.500. The minimum absolute atomic E-state index is 0.264. The summed E-state index contributed by atoms with van der Waals surface area (Å²) in [5, 5.41) is 5.31. The van der Waals surface area contributed by atoms with Gasteiger partial charge in [0.05, 0.1) is 13.2 Å². The van der Waals surface area contributed by atoms with E-state index in [1.807, 2.05) is 13.8 Å². The summed E-state index contributed by atoms with van der Waals surface area (Å²) in [5.41, 5.74) is 0.519. The molecule has 140 valence electrons. The largest absolute Gasteiger partial charge is 0.490 e. The minimum Gasteiger partial charge on any atom is -0.490 e. The molecule has 1 atom stereocenters. The van der Waals surface area contributed by atoms with E-state index in [4.69, 9.17) is 9.47 Å². The molecule has 1 aromatic rings. The number of benzene rings is 1. The molecule has 2 heterocycles. The van der Waals surface area contributed by atoms with Crippen molar-refractivity contribution in [1.29, 1.82) is 0 Å². The first-order chi connectivity index (χ1) is 12.4. The molecule has 2 N–H and O–H groups in total. The van der Waals surface area contributed by atoms with Gasteiger partial charge in [-0.05, 0) is 24.5 Å². The maximum atomic E-state index is 12.3. The average molecular weight is 361 g/mol. The fourth-order valence-corrected chi connectivity index (χ4v) is 2.94. The second kappa shape index (κ2) is 7.63. The predicted molar refractivity (Wildman–Crippen MR) is 94.2 cm³/mol. The van der Waals surface area contributed by atoms with Crippen LogP contribution in [0.2, 0.25) is 0 Å². The molecule has 0 aliphatic carbocycles. The highest BCUT2D eigenvalue weighted by Crippen LogP contribution is 2.32. The average Bonchev–Trinajstić information content (AvgIpc) is 2.77. The zero-order chi connectivity index (χ0) is 18.7. The normalized spacial score (nSPS) is 19.3. The number of hydrogen-bond acceptors (Lipinski definition) is 5. The van der Waals surface area contributed by atoms with Gasteiger partial charge < -0.3 is 20.1 Å². The lowest BCUT2D eigenvalue weighted by atomic mass is 10.0. The number of nitrogens with one attached hydrogen (secondary N) is 2. The summed E-state index contributed by atoms with van der Waals surface area (Å²) in [4.78, 5) is 37.5. The van der Waals surface area contributed by atoms with Crippen molar-refractivity contribution in [3.8, 4) is 11.5 Å². The highest BCUT2D eigenvalue weighted by molar-refractivity contribution is 6.07. The molecule has 4 amide bonds. The van der Waals surface area contributed by atoms with Gasteiger partial charge >= 0.3 is 6.03 Å². The van der Waals surface area contributed by atoms with E-state index >= 15 is 0 Å². The van der Waals surface area contributed by atoms with Gasteiger partial charge in [-0.2, -0.15) is 0 Å². The summed E-state index contributed by atoms with van der Waals surface area (Å²) in [6, 6.07) is 4.00. The highest BCUT2D eigenvalue weighted by atomic mass is 16.5. The molecular formula is C18H23N3O5. The topological polar surface area (TPSA) is 97.0 Å². The Kier molecular flexibility index (Phi) is 5.29. The second-order valence-electron chi connectivity index (χ2n) is 6.82. The number of carbonyl (C=O) groups excluding carboxylic acids is 3. The predicted octanol–water partition coefficient (Wildman–Crippen LogP) is 1.75. The Bertz CT molecular complexity index is 719. The summed E-state index contributed by atoms with van der Waals surface area (Å²) in [5.74, 6) is 0.643. The summed E-state index contributed by atoms with van der Waals surface area (Å²) < 4.78 is 11.1. The third kappa shape index (κ3) is 4.07. The molecule has 2 aliphatic rings. The lowest BCUT2D eigenvalue weighted by Gasteiger charge is -2.14. The molecule has 0 saturated carbocycles. The van der Waals surface area contributed by atoms with Crippen LogP contribution >= 0.6 is 0 Å². The van der Waals surface area contributed by atoms with Crippen LogP contribution in [0, 0.1) is 5.92 Å². The van der Waals surface area contributed by atoms with Gasteiger partial charge in [0.25, 0.3) is 5.91 Å². The first-order valence-electron chi connectivity index (χ1n) is 8.75. The molecule has 8 heteroatoms. The molecule has 26 heavy (non-hydrogen) atoms. The second-order valence-corrected chi connectivity index (χ2v) is 6.82. The number of nitrogens with zero attached hydrogens (tertiary/aromatic N) is 1. The van der Waals surface area contributed by atoms with Crippen molar-refractivity contribution < 1.29 is 23.9 Å². The zero-order valence-corrected chi connectivity index (χ0v) is 14.9. The number of rotatable bonds is 5. The van der Waals surface area contributed by atoms with Gasteiger partial charge in [0.15, 0.2) is 11.5 Å². The standard InChI is InChI=1S/C18H23N3O5/c1-11(2)8-13-17(23)21(18(24)20-13)10-16(22)19-12-4-5-14-15(9-12)26-7-3-6-25-14/h4-5,9,11,13H,3,6-8,10H2,1-2H3,(H,19,22)(H,20,24)/t13-/m1/s1. The van der Waals surface area contributed by atoms with E-state index in [1.165, 1.54) is 0 Å². The Morgan fingerprint density at radius 2 is 2.00 bits per heavy atom. The van der Waals surface area contributed by atoms with Crippen LogP contribution in [0.25, 0.3) is 0 Å². The molecule has 0 bridgehead atoms. The monoisotopic (exact) mass is 361 g/mol. The number of anilines is 1. The Morgan fingerprint density at radius 3 is 2.73 bits per heavy atom. The number of carbonyl (C=O) groups is 3. The van der Waals surface area contributed by atoms with E-state index in [2.05, 4.69) is 10.6 Å². The van der Waals surface area contributed by atoms with Crippen molar-refractivity contribution >= 4 is 23.5 Å². The first kappa shape index (κ1) is 18.0. The fourth-order valence-electron chi connectivity index (χ4n) is 2.94. The summed E-state index contributed by atoms with van der Waals surface area (Å²) in [6.07, 6.45) is 1.34. The van der Waals surface area contributed by atoms with Crippen molar-refractivity contribution in [2.75, 3.05) is 25.1 Å². The molecule has 0 spiro atoms. The van der Waals surface area contributed by atoms with E-state index in [1.54, 1.807) is 18.2 Å². The van der Waals surface area contributed by atoms with Crippen molar-refractivity contribution in [3.05, 3.63) is 18.2 Å². The van der Waals surface area contributed by atoms with E-state index in [-0.39, 0.29) is 18.4 Å². The number of ether oxygens (including phenoxy) is 2. The van der Waals surface area contributed by atoms with Crippen LogP contribution in [0.5, 0.6) is 11.5 Å². The molecule has 1 aromatic carbocycles. The van der Waals surface area contributed by atoms with E-state index in [0.717, 1.165) is 11.3 Å². The summed E-state index contributed by atoms with van der Waals surface area (Å²) in [7, 11) is 0. The van der Waals surface area contributed by atoms with Crippen LogP contribution < -0.4 is 20.1 Å². The molecule has 3 rings (SSSR count). The van der Waals surface area contributed by atoms with Crippen molar-refractivity contribution in [2.24, 2.45) is 5.92 Å². The van der Waals surface area contributed by atoms with Gasteiger partial charge in [0.1, 0.15) is 12.6 Å². The minimum atomic E-state index is -0.562. The third-order valence-corrected chi connectivity index (χ3v) is 4.15. The SMILES string of the molecule is CC(C)C[C@H]1NC(=O)N(CC(=O)Nc2ccc3c(c2)OCCCO3)C1=O. The van der Waals surface area contributed by atoms with Gasteiger partial charge in [-0.1, -0.05) is 13.8 Å². The van der Waals surface area contributed by atoms with Crippen LogP contribution in [0.1, 0.15) is 26.7 Å². The first-order valence-corrected chi connectivity index (χ1v) is 8.75. The number of hydrogen-bond donors (Lipinski definition) is 2. The maximum absolute atomic E-state index is 12.3. The third-order valence-electron chi connectivity index (χ3n) is 4.15. The Labute approximate surface area is 151 Å². The van der Waals surface area contributed by atoms with Crippen molar-refractivity contribution in [2.45, 2.75) is 32.7 Å². The van der Waals surface area contributed by atoms with E-state index in [9.17, 15) is 14.4 Å². The molecular weight excluding hydrogens is 338 g/mol. The lowest BCUT2D eigenvalue weighted by molar-refractivity contribution is -0.131. The molecule has 0 radical (unpaired) electrons. The van der Waals surface area contributed by atoms with Crippen LogP contribution in [-0.2, 0) is 9.59 Å². The number of fused-ring (bicyclic) bond motifs is 1. The molecule has 0 unspecified atom stereocenters. The summed E-state index contributed by atoms with van der Waals surface area (Å²) >= 11 is 0. The number of urea groups is 1. The number of amides is 4. The highest BCUT2D eigenvalue weighted by Gasteiger charge is 2.39. The van der Waals surface area contributed by atoms with E-state index in [0.29, 0.717) is 36.8 Å². The van der Waals surface area contributed by atoms with Gasteiger partial charge in [-0.15, -0.1) is 0 Å². The van der Waals surface area contributed by atoms with Crippen LogP contribution in [-0.4, -0.2) is 48.5 Å². The smallest absolute Gasteiger partial charge is 0.325 e. The Balaban J connectivity index is 1.61. The molecule has 2 aliphatic heterocycles. The molecule has 8 nitrogen and oxygen atoms in total. The Hall–Kier alpha value is -2.77. The van der Waals surface area contributed by atoms with Gasteiger partial charge in [-0.3, -0.25) is 14.5 Å². The van der Waals surface area contributed by atoms with Crippen LogP contribution in [0.4, 0.5) is 10.5 Å². The van der Waals surface area contributed by atoms with Gasteiger partial charge in [0, 0.05) is 18.2 Å². The van der Waals surface area contributed by atoms with Crippen LogP contribution in [0.15, 0.2) is 18.2 Å². The molecule has 0 aromatic heterocycles. The van der Waals surface area contributed by atoms with Crippen molar-refractivity contribution in [3.63, 3.8) is 0 Å². The van der Waals surface area contributed by atoms with E-state index < -0.39 is 18.0 Å². The summed E-state index contributed by atoms with van der Waals surface area (Å²) in [6.45, 7) is 4.75. The Morgan fingerprint density at radius 1 is 1.27 bits per heavy atom. The number of imide groups is 1. The van der Waals surface area contributed by atoms with Gasteiger partial charge in [0.2, 0.25) is 5.91 Å². The van der Waals surface area contributed by atoms with Crippen LogP contribution in [0.3, 0.4) is 0 Å².